The molecule has 0 saturated carbocycles. The van der Waals surface area contributed by atoms with Crippen molar-refractivity contribution in [3.8, 4) is 0 Å². The van der Waals surface area contributed by atoms with Crippen molar-refractivity contribution in [1.82, 2.24) is 4.90 Å². The molecule has 19 heteroatoms. The van der Waals surface area contributed by atoms with Crippen LogP contribution >= 0.6 is 81.2 Å². The number of allylic oxidation sites excluding steroid dienone is 1. The Morgan fingerprint density at radius 3 is 1.91 bits per heavy atom. The summed E-state index contributed by atoms with van der Waals surface area (Å²) in [6.45, 7) is 8.22. The van der Waals surface area contributed by atoms with Crippen LogP contribution in [-0.4, -0.2) is 90.0 Å². The number of nitrogens with zero attached hydrogens (tertiary/aromatic N) is 2. The van der Waals surface area contributed by atoms with E-state index in [1.807, 2.05) is 4.90 Å². The lowest BCUT2D eigenvalue weighted by atomic mass is 10.1. The molecule has 5 rings (SSSR count). The maximum atomic E-state index is 11.5. The largest absolute Gasteiger partial charge is 0.442 e. The molecule has 12 nitrogen and oxygen atoms in total. The van der Waals surface area contributed by atoms with Crippen LogP contribution in [0.4, 0.5) is 5.88 Å². The number of rotatable bonds is 5. The van der Waals surface area contributed by atoms with E-state index in [9.17, 15) is 24.0 Å². The van der Waals surface area contributed by atoms with E-state index in [2.05, 4.69) is 16.1 Å². The fraction of sp³-hybridized carbons (Fsp3) is 0.519. The number of amides is 1. The smallest absolute Gasteiger partial charge is 0.318 e. The molecular weight excluding hydrogens is 760 g/mol. The van der Waals surface area contributed by atoms with Crippen molar-refractivity contribution < 1.29 is 42.5 Å². The van der Waals surface area contributed by atoms with Crippen LogP contribution in [0.5, 0.6) is 0 Å². The van der Waals surface area contributed by atoms with Crippen LogP contribution in [0.25, 0.3) is 0 Å². The topological polar surface area (TPSA) is 142 Å². The molecule has 1 amide bonds. The van der Waals surface area contributed by atoms with Crippen LogP contribution in [0.15, 0.2) is 44.3 Å². The second kappa shape index (κ2) is 19.3. The molecule has 4 aliphatic rings. The van der Waals surface area contributed by atoms with Crippen molar-refractivity contribution in [2.75, 3.05) is 57.5 Å². The van der Waals surface area contributed by atoms with Gasteiger partial charge in [0.05, 0.1) is 32.8 Å². The number of morpholine rings is 2. The number of halogens is 7. The Morgan fingerprint density at radius 1 is 0.957 bits per heavy atom. The molecule has 5 heterocycles. The van der Waals surface area contributed by atoms with Crippen LogP contribution in [-0.2, 0) is 38.1 Å². The maximum Gasteiger partial charge on any atom is 0.318 e. The summed E-state index contributed by atoms with van der Waals surface area (Å²) in [5, 5.41) is -0.971. The normalized spacial score (nSPS) is 20.4. The van der Waals surface area contributed by atoms with Gasteiger partial charge in [0, 0.05) is 50.8 Å². The number of cyclic esters (lactones) is 2. The van der Waals surface area contributed by atoms with Crippen molar-refractivity contribution in [3.63, 3.8) is 0 Å². The van der Waals surface area contributed by atoms with Crippen LogP contribution in [0.3, 0.4) is 0 Å². The number of ether oxygens (including phenoxy) is 4. The second-order valence-corrected chi connectivity index (χ2v) is 14.2. The molecule has 46 heavy (non-hydrogen) atoms. The predicted octanol–water partition coefficient (Wildman–Crippen LogP) is 5.33. The summed E-state index contributed by atoms with van der Waals surface area (Å²) in [5.41, 5.74) is -0.136. The molecule has 4 fully saturated rings. The number of carbonyl (C=O) groups excluding carboxylic acids is 4. The van der Waals surface area contributed by atoms with E-state index in [1.165, 1.54) is 12.1 Å². The van der Waals surface area contributed by atoms with E-state index in [0.29, 0.717) is 57.6 Å². The lowest BCUT2D eigenvalue weighted by molar-refractivity contribution is -0.176. The number of anilines is 1. The highest BCUT2D eigenvalue weighted by Gasteiger charge is 2.49. The molecular formula is C27H29Cl7N2O10. The molecule has 1 aromatic heterocycles. The third-order valence-electron chi connectivity index (χ3n) is 5.77. The van der Waals surface area contributed by atoms with Gasteiger partial charge in [0.15, 0.2) is 25.3 Å². The Kier molecular flexibility index (Phi) is 17.0. The Labute approximate surface area is 299 Å². The van der Waals surface area contributed by atoms with E-state index in [4.69, 9.17) is 95.1 Å². The predicted molar refractivity (Wildman–Crippen MR) is 174 cm³/mol. The molecule has 0 N–H and O–H groups in total. The summed E-state index contributed by atoms with van der Waals surface area (Å²) in [6.07, 6.45) is 1.38. The number of ketones is 1. The van der Waals surface area contributed by atoms with Gasteiger partial charge in [-0.3, -0.25) is 24.0 Å². The van der Waals surface area contributed by atoms with Gasteiger partial charge in [0.1, 0.15) is 23.1 Å². The quantitative estimate of drug-likeness (QED) is 0.166. The standard InChI is InChI=1S/C9H11Cl2NO3.C9H10ClNO3.C5H4Cl4O2.C4H4O2/c10-8(11)5-7(13)6-9(14)12-1-3-15-4-2-12;10-8-5-7(12)6-9(14-8)11-1-3-13-4-2-11;6-4(1-3(10)11-4)2-5(7,8)9;1-3-2-4(5)6-3/h5H,1-4,6H2;5-6H,1-4H2;1-2H2;1-2H2. The molecule has 0 aliphatic carbocycles. The highest BCUT2D eigenvalue weighted by molar-refractivity contribution is 6.67. The number of esters is 2. The highest BCUT2D eigenvalue weighted by atomic mass is 35.6. The molecule has 0 spiro atoms. The van der Waals surface area contributed by atoms with Crippen molar-refractivity contribution in [2.24, 2.45) is 0 Å². The van der Waals surface area contributed by atoms with Crippen LogP contribution < -0.4 is 10.3 Å². The lowest BCUT2D eigenvalue weighted by Gasteiger charge is -2.36. The molecule has 1 aromatic rings. The van der Waals surface area contributed by atoms with E-state index in [-0.39, 0.29) is 58.0 Å². The van der Waals surface area contributed by atoms with E-state index < -0.39 is 8.85 Å². The van der Waals surface area contributed by atoms with Gasteiger partial charge in [-0.15, -0.1) is 0 Å². The first-order chi connectivity index (χ1) is 21.4. The average molecular weight is 790 g/mol. The fourth-order valence-electron chi connectivity index (χ4n) is 3.74. The van der Waals surface area contributed by atoms with Gasteiger partial charge in [-0.25, -0.2) is 0 Å². The van der Waals surface area contributed by atoms with Crippen molar-refractivity contribution in [2.45, 2.75) is 34.5 Å². The molecule has 1 unspecified atom stereocenters. The lowest BCUT2D eigenvalue weighted by Crippen LogP contribution is -2.45. The number of alkyl halides is 4. The first-order valence-corrected chi connectivity index (χ1v) is 16.0. The minimum atomic E-state index is -1.47. The van der Waals surface area contributed by atoms with Gasteiger partial charge in [-0.1, -0.05) is 76.2 Å². The van der Waals surface area contributed by atoms with E-state index in [0.717, 1.165) is 19.2 Å². The SMILES string of the molecule is C=C1CC(=O)O1.O=C(C=C(Cl)Cl)CC(=O)N1CCOCC1.O=C1CC(Cl)(CC(Cl)(Cl)Cl)O1.O=c1cc(Cl)oc(N2CCOCC2)c1. The Bertz CT molecular complexity index is 1300. The third-order valence-corrected chi connectivity index (χ3v) is 6.92. The minimum absolute atomic E-state index is 0.0119. The Hall–Kier alpha value is -1.74. The molecule has 0 radical (unpaired) electrons. The summed E-state index contributed by atoms with van der Waals surface area (Å²) in [7, 11) is 0. The third kappa shape index (κ3) is 16.4. The van der Waals surface area contributed by atoms with Crippen molar-refractivity contribution in [1.29, 1.82) is 0 Å². The average Bonchev–Trinajstić information content (AvgIpc) is 2.92. The molecule has 256 valence electrons. The Balaban J connectivity index is 0.000000222. The highest BCUT2D eigenvalue weighted by Crippen LogP contribution is 2.45. The molecule has 0 bridgehead atoms. The monoisotopic (exact) mass is 786 g/mol. The minimum Gasteiger partial charge on any atom is -0.442 e. The zero-order valence-electron chi connectivity index (χ0n) is 24.0. The number of hydrogen-bond acceptors (Lipinski definition) is 11. The number of hydrogen-bond donors (Lipinski definition) is 0. The van der Waals surface area contributed by atoms with Crippen LogP contribution in [0.2, 0.25) is 5.22 Å². The maximum absolute atomic E-state index is 11.5. The van der Waals surface area contributed by atoms with Gasteiger partial charge in [-0.2, -0.15) is 0 Å². The van der Waals surface area contributed by atoms with E-state index in [1.54, 1.807) is 4.90 Å². The van der Waals surface area contributed by atoms with Crippen LogP contribution in [0.1, 0.15) is 25.7 Å². The van der Waals surface area contributed by atoms with Crippen molar-refractivity contribution >= 4 is 111 Å². The first-order valence-electron chi connectivity index (χ1n) is 13.3. The van der Waals surface area contributed by atoms with Gasteiger partial charge >= 0.3 is 11.9 Å². The van der Waals surface area contributed by atoms with Crippen molar-refractivity contribution in [3.05, 3.63) is 50.5 Å². The second-order valence-electron chi connectivity index (χ2n) is 9.62. The summed E-state index contributed by atoms with van der Waals surface area (Å²) in [4.78, 5) is 57.6. The molecule has 1 atom stereocenters. The fourth-order valence-corrected chi connectivity index (χ4v) is 5.42. The zero-order valence-corrected chi connectivity index (χ0v) is 29.3. The van der Waals surface area contributed by atoms with Gasteiger partial charge in [0.2, 0.25) is 11.8 Å². The summed E-state index contributed by atoms with van der Waals surface area (Å²) in [5.74, 6) is -0.0272. The summed E-state index contributed by atoms with van der Waals surface area (Å²) < 4.78 is 22.8. The van der Waals surface area contributed by atoms with Gasteiger partial charge in [0.25, 0.3) is 0 Å². The molecule has 4 aliphatic heterocycles. The first kappa shape index (κ1) is 40.4. The number of carbonyl (C=O) groups is 4. The zero-order chi connectivity index (χ0) is 34.5. The molecule has 0 aromatic carbocycles. The van der Waals surface area contributed by atoms with Gasteiger partial charge in [-0.05, 0) is 11.6 Å². The summed E-state index contributed by atoms with van der Waals surface area (Å²) in [6, 6.07) is 2.70. The molecule has 4 saturated heterocycles. The summed E-state index contributed by atoms with van der Waals surface area (Å²) >= 11 is 38.2. The van der Waals surface area contributed by atoms with Gasteiger partial charge < -0.3 is 33.2 Å². The van der Waals surface area contributed by atoms with Crippen LogP contribution in [0, 0.1) is 0 Å². The van der Waals surface area contributed by atoms with E-state index >= 15 is 0 Å². The Morgan fingerprint density at radius 2 is 1.50 bits per heavy atom.